The summed E-state index contributed by atoms with van der Waals surface area (Å²) in [5.41, 5.74) is 0. The van der Waals surface area contributed by atoms with Crippen LogP contribution in [-0.4, -0.2) is 84.7 Å². The van der Waals surface area contributed by atoms with E-state index in [1.54, 1.807) is 0 Å². The third kappa shape index (κ3) is 7.13. The minimum absolute atomic E-state index is 0.291. The van der Waals surface area contributed by atoms with Gasteiger partial charge in [0.2, 0.25) is 0 Å². The van der Waals surface area contributed by atoms with E-state index in [4.69, 9.17) is 9.47 Å². The first-order chi connectivity index (χ1) is 13.7. The first kappa shape index (κ1) is 20.6. The second-order valence-electron chi connectivity index (χ2n) is 7.16. The maximum atomic E-state index is 10.2. The van der Waals surface area contributed by atoms with Crippen LogP contribution in [0, 0.1) is 0 Å². The van der Waals surface area contributed by atoms with Gasteiger partial charge >= 0.3 is 0 Å². The van der Waals surface area contributed by atoms with Gasteiger partial charge in [-0.2, -0.15) is 0 Å². The highest BCUT2D eigenvalue weighted by Gasteiger charge is 2.21. The number of aliphatic hydroxyl groups is 2. The van der Waals surface area contributed by atoms with Crippen LogP contribution >= 0.6 is 0 Å². The van der Waals surface area contributed by atoms with Crippen LogP contribution < -0.4 is 9.47 Å². The van der Waals surface area contributed by atoms with E-state index < -0.39 is 12.2 Å². The van der Waals surface area contributed by atoms with Crippen LogP contribution in [0.3, 0.4) is 0 Å². The predicted molar refractivity (Wildman–Crippen MR) is 109 cm³/mol. The Hall–Kier alpha value is -2.12. The zero-order valence-corrected chi connectivity index (χ0v) is 16.2. The molecule has 6 heteroatoms. The van der Waals surface area contributed by atoms with Gasteiger partial charge in [0.25, 0.3) is 0 Å². The van der Waals surface area contributed by atoms with Crippen LogP contribution in [0.15, 0.2) is 60.7 Å². The number of benzene rings is 2. The standard InChI is InChI=1S/C22H30N2O4/c25-19(17-27-21-7-3-1-4-8-21)15-23-11-13-24(14-12-23)16-20(26)18-28-22-9-5-2-6-10-22/h1-10,19-20,25-26H,11-18H2/t19-,20-/m1/s1. The van der Waals surface area contributed by atoms with Crippen molar-refractivity contribution in [2.75, 3.05) is 52.5 Å². The monoisotopic (exact) mass is 386 g/mol. The van der Waals surface area contributed by atoms with Crippen molar-refractivity contribution in [2.45, 2.75) is 12.2 Å². The van der Waals surface area contributed by atoms with E-state index in [-0.39, 0.29) is 0 Å². The number of hydrogen-bond acceptors (Lipinski definition) is 6. The number of piperazine rings is 1. The highest BCUT2D eigenvalue weighted by atomic mass is 16.5. The lowest BCUT2D eigenvalue weighted by atomic mass is 10.2. The van der Waals surface area contributed by atoms with E-state index in [2.05, 4.69) is 9.80 Å². The van der Waals surface area contributed by atoms with Gasteiger partial charge in [-0.15, -0.1) is 0 Å². The molecular formula is C22H30N2O4. The van der Waals surface area contributed by atoms with Crippen molar-refractivity contribution in [2.24, 2.45) is 0 Å². The van der Waals surface area contributed by atoms with Crippen molar-refractivity contribution in [1.82, 2.24) is 9.80 Å². The van der Waals surface area contributed by atoms with E-state index in [0.717, 1.165) is 37.7 Å². The summed E-state index contributed by atoms with van der Waals surface area (Å²) in [5, 5.41) is 20.4. The maximum Gasteiger partial charge on any atom is 0.119 e. The van der Waals surface area contributed by atoms with Gasteiger partial charge in [0.1, 0.15) is 36.9 Å². The fourth-order valence-electron chi connectivity index (χ4n) is 3.27. The minimum atomic E-state index is -0.517. The molecule has 3 rings (SSSR count). The maximum absolute atomic E-state index is 10.2. The number of β-amino-alcohol motifs (C(OH)–C–C–N with tert-alkyl or cyclic N) is 2. The number of aliphatic hydroxyl groups excluding tert-OH is 2. The molecule has 1 aliphatic rings. The highest BCUT2D eigenvalue weighted by molar-refractivity contribution is 5.21. The van der Waals surface area contributed by atoms with E-state index in [1.165, 1.54) is 0 Å². The van der Waals surface area contributed by atoms with Crippen molar-refractivity contribution in [3.63, 3.8) is 0 Å². The van der Waals surface area contributed by atoms with Crippen molar-refractivity contribution >= 4 is 0 Å². The molecule has 0 radical (unpaired) electrons. The van der Waals surface area contributed by atoms with Crippen molar-refractivity contribution in [3.8, 4) is 11.5 Å². The Morgan fingerprint density at radius 3 is 1.36 bits per heavy atom. The molecule has 2 atom stereocenters. The summed E-state index contributed by atoms with van der Waals surface area (Å²) in [5.74, 6) is 1.55. The molecule has 1 heterocycles. The van der Waals surface area contributed by atoms with Gasteiger partial charge in [0.15, 0.2) is 0 Å². The molecule has 0 amide bonds. The molecule has 0 unspecified atom stereocenters. The Morgan fingerprint density at radius 2 is 1.00 bits per heavy atom. The zero-order chi connectivity index (χ0) is 19.6. The normalized spacial score (nSPS) is 17.8. The number of rotatable bonds is 10. The van der Waals surface area contributed by atoms with E-state index in [0.29, 0.717) is 26.3 Å². The fraction of sp³-hybridized carbons (Fsp3) is 0.455. The summed E-state index contributed by atoms with van der Waals surface area (Å²) >= 11 is 0. The van der Waals surface area contributed by atoms with Gasteiger partial charge in [-0.25, -0.2) is 0 Å². The van der Waals surface area contributed by atoms with Crippen LogP contribution in [0.25, 0.3) is 0 Å². The predicted octanol–water partition coefficient (Wildman–Crippen LogP) is 1.48. The third-order valence-electron chi connectivity index (χ3n) is 4.77. The Bertz CT molecular complexity index is 603. The van der Waals surface area contributed by atoms with Crippen LogP contribution in [-0.2, 0) is 0 Å². The number of ether oxygens (including phenoxy) is 2. The molecule has 2 aromatic rings. The number of hydrogen-bond donors (Lipinski definition) is 2. The van der Waals surface area contributed by atoms with E-state index in [1.807, 2.05) is 60.7 Å². The molecule has 1 aliphatic heterocycles. The molecule has 0 bridgehead atoms. The summed E-state index contributed by atoms with van der Waals surface area (Å²) in [6.45, 7) is 5.26. The van der Waals surface area contributed by atoms with Gasteiger partial charge in [0, 0.05) is 39.3 Å². The Balaban J connectivity index is 1.29. The Labute approximate surface area is 166 Å². The second-order valence-corrected chi connectivity index (χ2v) is 7.16. The van der Waals surface area contributed by atoms with Gasteiger partial charge in [-0.1, -0.05) is 36.4 Å². The molecule has 0 spiro atoms. The molecule has 1 fully saturated rings. The average molecular weight is 386 g/mol. The minimum Gasteiger partial charge on any atom is -0.491 e. The SMILES string of the molecule is O[C@@H](COc1ccccc1)CN1CCN(C[C@@H](O)COc2ccccc2)CC1. The molecule has 0 saturated carbocycles. The molecule has 28 heavy (non-hydrogen) atoms. The fourth-order valence-corrected chi connectivity index (χ4v) is 3.27. The largest absolute Gasteiger partial charge is 0.491 e. The topological polar surface area (TPSA) is 65.4 Å². The van der Waals surface area contributed by atoms with E-state index in [9.17, 15) is 10.2 Å². The van der Waals surface area contributed by atoms with Crippen molar-refractivity contribution in [1.29, 1.82) is 0 Å². The quantitative estimate of drug-likeness (QED) is 0.645. The van der Waals surface area contributed by atoms with Gasteiger partial charge in [-0.3, -0.25) is 9.80 Å². The smallest absolute Gasteiger partial charge is 0.119 e. The molecule has 1 saturated heterocycles. The first-order valence-electron chi connectivity index (χ1n) is 9.85. The van der Waals surface area contributed by atoms with Gasteiger partial charge in [-0.05, 0) is 24.3 Å². The third-order valence-corrected chi connectivity index (χ3v) is 4.77. The Morgan fingerprint density at radius 1 is 0.643 bits per heavy atom. The Kier molecular flexibility index (Phi) is 8.11. The number of nitrogens with zero attached hydrogens (tertiary/aromatic N) is 2. The lowest BCUT2D eigenvalue weighted by molar-refractivity contribution is 0.0240. The molecule has 6 nitrogen and oxygen atoms in total. The summed E-state index contributed by atoms with van der Waals surface area (Å²) < 4.78 is 11.2. The van der Waals surface area contributed by atoms with Crippen molar-refractivity contribution < 1.29 is 19.7 Å². The molecule has 152 valence electrons. The molecule has 0 aromatic heterocycles. The lowest BCUT2D eigenvalue weighted by Gasteiger charge is -2.36. The van der Waals surface area contributed by atoms with Crippen LogP contribution in [0.4, 0.5) is 0 Å². The van der Waals surface area contributed by atoms with Crippen LogP contribution in [0.5, 0.6) is 11.5 Å². The molecule has 2 aromatic carbocycles. The van der Waals surface area contributed by atoms with E-state index >= 15 is 0 Å². The second kappa shape index (κ2) is 11.0. The first-order valence-corrected chi connectivity index (χ1v) is 9.85. The summed E-state index contributed by atoms with van der Waals surface area (Å²) in [4.78, 5) is 4.48. The molecular weight excluding hydrogens is 356 g/mol. The van der Waals surface area contributed by atoms with Crippen molar-refractivity contribution in [3.05, 3.63) is 60.7 Å². The number of para-hydroxylation sites is 2. The lowest BCUT2D eigenvalue weighted by Crippen LogP contribution is -2.51. The van der Waals surface area contributed by atoms with Gasteiger partial charge in [0.05, 0.1) is 0 Å². The molecule has 0 aliphatic carbocycles. The average Bonchev–Trinajstić information content (AvgIpc) is 2.74. The zero-order valence-electron chi connectivity index (χ0n) is 16.2. The van der Waals surface area contributed by atoms with Crippen LogP contribution in [0.2, 0.25) is 0 Å². The van der Waals surface area contributed by atoms with Crippen LogP contribution in [0.1, 0.15) is 0 Å². The van der Waals surface area contributed by atoms with Gasteiger partial charge < -0.3 is 19.7 Å². The summed E-state index contributed by atoms with van der Waals surface area (Å²) in [7, 11) is 0. The summed E-state index contributed by atoms with van der Waals surface area (Å²) in [6.07, 6.45) is -1.03. The summed E-state index contributed by atoms with van der Waals surface area (Å²) in [6, 6.07) is 19.1. The highest BCUT2D eigenvalue weighted by Crippen LogP contribution is 2.11. The molecule has 2 N–H and O–H groups in total.